The number of fused-ring (bicyclic) bond motifs is 1. The van der Waals surface area contributed by atoms with Gasteiger partial charge in [-0.25, -0.2) is 0 Å². The molecule has 0 unspecified atom stereocenters. The summed E-state index contributed by atoms with van der Waals surface area (Å²) < 4.78 is 0. The van der Waals surface area contributed by atoms with E-state index < -0.39 is 18.0 Å². The minimum atomic E-state index is -0.909. The average molecular weight is 499 g/mol. The first-order chi connectivity index (χ1) is 17.4. The maximum Gasteiger partial charge on any atom is 0.251 e. The summed E-state index contributed by atoms with van der Waals surface area (Å²) in [5, 5.41) is 19.8. The maximum atomic E-state index is 13.4. The topological polar surface area (TPSA) is 111 Å². The van der Waals surface area contributed by atoms with Crippen molar-refractivity contribution in [3.8, 4) is 6.07 Å². The largest absolute Gasteiger partial charge is 0.356 e. The van der Waals surface area contributed by atoms with Crippen molar-refractivity contribution in [3.05, 3.63) is 83.9 Å². The number of nitriles is 1. The summed E-state index contributed by atoms with van der Waals surface area (Å²) in [5.74, 6) is -1.29. The number of thiocarbonyl (C=S) groups is 1. The molecule has 0 saturated carbocycles. The Labute approximate surface area is 214 Å². The number of hydrogen-bond donors (Lipinski definition) is 3. The Kier molecular flexibility index (Phi) is 8.03. The van der Waals surface area contributed by atoms with Crippen molar-refractivity contribution in [1.82, 2.24) is 16.0 Å². The predicted molar refractivity (Wildman–Crippen MR) is 141 cm³/mol. The molecule has 3 aromatic rings. The van der Waals surface area contributed by atoms with E-state index in [0.29, 0.717) is 18.5 Å². The first-order valence-corrected chi connectivity index (χ1v) is 12.2. The number of benzene rings is 3. The molecule has 0 bridgehead atoms. The molecule has 7 nitrogen and oxygen atoms in total. The van der Waals surface area contributed by atoms with Crippen LogP contribution in [0.15, 0.2) is 72.8 Å². The van der Waals surface area contributed by atoms with E-state index in [9.17, 15) is 19.6 Å². The lowest BCUT2D eigenvalue weighted by Crippen LogP contribution is -2.52. The van der Waals surface area contributed by atoms with Crippen molar-refractivity contribution < 1.29 is 14.4 Å². The number of amides is 3. The second-order valence-corrected chi connectivity index (χ2v) is 9.27. The monoisotopic (exact) mass is 498 g/mol. The van der Waals surface area contributed by atoms with Gasteiger partial charge in [0.25, 0.3) is 5.91 Å². The highest BCUT2D eigenvalue weighted by molar-refractivity contribution is 7.81. The van der Waals surface area contributed by atoms with Crippen LogP contribution in [0.4, 0.5) is 0 Å². The van der Waals surface area contributed by atoms with E-state index in [2.05, 4.69) is 16.0 Å². The highest BCUT2D eigenvalue weighted by Crippen LogP contribution is 2.18. The third-order valence-corrected chi connectivity index (χ3v) is 6.72. The second kappa shape index (κ2) is 11.6. The Morgan fingerprint density at radius 1 is 1.00 bits per heavy atom. The molecule has 1 heterocycles. The molecule has 4 rings (SSSR count). The molecular weight excluding hydrogens is 472 g/mol. The minimum Gasteiger partial charge on any atom is -0.356 e. The van der Waals surface area contributed by atoms with Gasteiger partial charge in [-0.3, -0.25) is 14.4 Å². The number of hydrogen-bond acceptors (Lipinski definition) is 5. The highest BCUT2D eigenvalue weighted by Gasteiger charge is 2.32. The summed E-state index contributed by atoms with van der Waals surface area (Å²) in [6.45, 7) is 0.557. The number of nitrogens with one attached hydrogen (secondary N) is 3. The van der Waals surface area contributed by atoms with Gasteiger partial charge in [-0.15, -0.1) is 0 Å². The first kappa shape index (κ1) is 25.0. The SMILES string of the molecule is N#CC(=S)[C@H](C[C@@H]1CCNC1=O)NC(=O)[C@H](Cc1ccccc1)NC(=O)c1ccc2ccccc2c1. The Hall–Kier alpha value is -4.09. The summed E-state index contributed by atoms with van der Waals surface area (Å²) in [5.41, 5.74) is 1.30. The van der Waals surface area contributed by atoms with Crippen LogP contribution in [0.1, 0.15) is 28.8 Å². The molecule has 3 N–H and O–H groups in total. The standard InChI is InChI=1S/C28H26N4O3S/c29-17-25(36)23(16-22-12-13-30-26(22)33)31-28(35)24(14-18-6-2-1-3-7-18)32-27(34)21-11-10-19-8-4-5-9-20(19)15-21/h1-11,15,22-24H,12-14,16H2,(H,30,33)(H,31,35)(H,32,34)/t22-,23-,24-/m0/s1. The summed E-state index contributed by atoms with van der Waals surface area (Å²) in [6.07, 6.45) is 1.11. The van der Waals surface area contributed by atoms with Gasteiger partial charge >= 0.3 is 0 Å². The van der Waals surface area contributed by atoms with Gasteiger partial charge < -0.3 is 16.0 Å². The molecule has 182 valence electrons. The quantitative estimate of drug-likeness (QED) is 0.393. The highest BCUT2D eigenvalue weighted by atomic mass is 32.1. The smallest absolute Gasteiger partial charge is 0.251 e. The fourth-order valence-electron chi connectivity index (χ4n) is 4.37. The Bertz CT molecular complexity index is 1340. The van der Waals surface area contributed by atoms with Gasteiger partial charge in [-0.2, -0.15) is 5.26 Å². The van der Waals surface area contributed by atoms with Crippen LogP contribution >= 0.6 is 12.2 Å². The van der Waals surface area contributed by atoms with Crippen molar-refractivity contribution >= 4 is 45.6 Å². The maximum absolute atomic E-state index is 13.4. The van der Waals surface area contributed by atoms with Crippen LogP contribution < -0.4 is 16.0 Å². The summed E-state index contributed by atoms with van der Waals surface area (Å²) in [6, 6.07) is 22.7. The number of carbonyl (C=O) groups excluding carboxylic acids is 3. The van der Waals surface area contributed by atoms with Crippen LogP contribution in [0.25, 0.3) is 10.8 Å². The van der Waals surface area contributed by atoms with Gasteiger partial charge in [0.2, 0.25) is 11.8 Å². The molecular formula is C28H26N4O3S. The first-order valence-electron chi connectivity index (χ1n) is 11.8. The summed E-state index contributed by atoms with van der Waals surface area (Å²) in [4.78, 5) is 38.7. The van der Waals surface area contributed by atoms with E-state index in [0.717, 1.165) is 16.3 Å². The van der Waals surface area contributed by atoms with Gasteiger partial charge in [0.15, 0.2) is 0 Å². The second-order valence-electron chi connectivity index (χ2n) is 8.83. The summed E-state index contributed by atoms with van der Waals surface area (Å²) in [7, 11) is 0. The van der Waals surface area contributed by atoms with Crippen LogP contribution in [0.5, 0.6) is 0 Å². The molecule has 36 heavy (non-hydrogen) atoms. The van der Waals surface area contributed by atoms with E-state index >= 15 is 0 Å². The van der Waals surface area contributed by atoms with Crippen molar-refractivity contribution in [2.45, 2.75) is 31.3 Å². The van der Waals surface area contributed by atoms with Gasteiger partial charge in [0.1, 0.15) is 17.0 Å². The molecule has 1 aliphatic rings. The van der Waals surface area contributed by atoms with Crippen LogP contribution in [0.2, 0.25) is 0 Å². The molecule has 3 amide bonds. The molecule has 1 saturated heterocycles. The molecule has 8 heteroatoms. The average Bonchev–Trinajstić information content (AvgIpc) is 3.31. The van der Waals surface area contributed by atoms with Crippen molar-refractivity contribution in [2.24, 2.45) is 5.92 Å². The molecule has 0 aromatic heterocycles. The lowest BCUT2D eigenvalue weighted by Gasteiger charge is -2.24. The summed E-state index contributed by atoms with van der Waals surface area (Å²) >= 11 is 5.20. The van der Waals surface area contributed by atoms with Crippen molar-refractivity contribution in [1.29, 1.82) is 5.26 Å². The molecule has 0 spiro atoms. The van der Waals surface area contributed by atoms with E-state index in [-0.39, 0.29) is 35.4 Å². The molecule has 0 aliphatic carbocycles. The van der Waals surface area contributed by atoms with Crippen LogP contribution in [-0.2, 0) is 16.0 Å². The van der Waals surface area contributed by atoms with Crippen LogP contribution in [0.3, 0.4) is 0 Å². The predicted octanol–water partition coefficient (Wildman–Crippen LogP) is 3.09. The lowest BCUT2D eigenvalue weighted by atomic mass is 9.96. The normalized spacial score (nSPS) is 16.4. The van der Waals surface area contributed by atoms with Gasteiger partial charge in [0.05, 0.1) is 6.04 Å². The van der Waals surface area contributed by atoms with E-state index in [1.165, 1.54) is 0 Å². The molecule has 1 fully saturated rings. The minimum absolute atomic E-state index is 0.00219. The Morgan fingerprint density at radius 2 is 1.72 bits per heavy atom. The number of carbonyl (C=O) groups is 3. The number of nitrogens with zero attached hydrogens (tertiary/aromatic N) is 1. The van der Waals surface area contributed by atoms with Crippen molar-refractivity contribution in [3.63, 3.8) is 0 Å². The van der Waals surface area contributed by atoms with Gasteiger partial charge in [-0.05, 0) is 41.3 Å². The van der Waals surface area contributed by atoms with Crippen LogP contribution in [-0.4, -0.2) is 41.2 Å². The zero-order chi connectivity index (χ0) is 25.5. The Balaban J connectivity index is 1.54. The molecule has 3 aromatic carbocycles. The van der Waals surface area contributed by atoms with E-state index in [1.807, 2.05) is 66.7 Å². The van der Waals surface area contributed by atoms with Gasteiger partial charge in [0, 0.05) is 24.4 Å². The number of rotatable bonds is 9. The fourth-order valence-corrected chi connectivity index (χ4v) is 4.52. The molecule has 1 aliphatic heterocycles. The third-order valence-electron chi connectivity index (χ3n) is 6.34. The lowest BCUT2D eigenvalue weighted by molar-refractivity contribution is -0.125. The Morgan fingerprint density at radius 3 is 2.42 bits per heavy atom. The molecule has 3 atom stereocenters. The zero-order valence-corrected chi connectivity index (χ0v) is 20.4. The fraction of sp³-hybridized carbons (Fsp3) is 0.250. The van der Waals surface area contributed by atoms with E-state index in [4.69, 9.17) is 12.2 Å². The third kappa shape index (κ3) is 6.12. The zero-order valence-electron chi connectivity index (χ0n) is 19.6. The van der Waals surface area contributed by atoms with Gasteiger partial charge in [-0.1, -0.05) is 72.9 Å². The van der Waals surface area contributed by atoms with E-state index in [1.54, 1.807) is 12.1 Å². The van der Waals surface area contributed by atoms with Crippen LogP contribution in [0, 0.1) is 17.2 Å². The van der Waals surface area contributed by atoms with Crippen molar-refractivity contribution in [2.75, 3.05) is 6.54 Å². The molecule has 0 radical (unpaired) electrons.